The molecule has 0 aliphatic carbocycles. The molecule has 1 aromatic carbocycles. The molecule has 0 aromatic heterocycles. The second kappa shape index (κ2) is 8.99. The smallest absolute Gasteiger partial charge is 0.176 e. The molecule has 21 heavy (non-hydrogen) atoms. The standard InChI is InChI=1S/C19H31NO/c1-6-8-13-20(16(5)7-2)14-19(21)18-11-9-17(10-12-18)15(3)4/h9-12,15-16H,6-8,13-14H2,1-5H3. The molecular weight excluding hydrogens is 258 g/mol. The third-order valence-corrected chi connectivity index (χ3v) is 4.26. The van der Waals surface area contributed by atoms with Gasteiger partial charge in [0.2, 0.25) is 0 Å². The zero-order valence-electron chi connectivity index (χ0n) is 14.4. The fourth-order valence-electron chi connectivity index (χ4n) is 2.40. The van der Waals surface area contributed by atoms with E-state index in [0.29, 0.717) is 18.5 Å². The van der Waals surface area contributed by atoms with Gasteiger partial charge in [-0.05, 0) is 37.8 Å². The molecule has 118 valence electrons. The van der Waals surface area contributed by atoms with Crippen molar-refractivity contribution >= 4 is 5.78 Å². The molecule has 0 amide bonds. The largest absolute Gasteiger partial charge is 0.293 e. The first-order chi connectivity index (χ1) is 9.99. The molecule has 1 rings (SSSR count). The average Bonchev–Trinajstić information content (AvgIpc) is 2.50. The average molecular weight is 289 g/mol. The van der Waals surface area contributed by atoms with Crippen molar-refractivity contribution in [1.29, 1.82) is 0 Å². The van der Waals surface area contributed by atoms with E-state index in [4.69, 9.17) is 0 Å². The van der Waals surface area contributed by atoms with Crippen LogP contribution in [0, 0.1) is 0 Å². The van der Waals surface area contributed by atoms with Crippen molar-refractivity contribution in [1.82, 2.24) is 4.90 Å². The van der Waals surface area contributed by atoms with Crippen LogP contribution >= 0.6 is 0 Å². The second-order valence-electron chi connectivity index (χ2n) is 6.28. The number of ketones is 1. The number of hydrogen-bond donors (Lipinski definition) is 0. The highest BCUT2D eigenvalue weighted by Gasteiger charge is 2.16. The van der Waals surface area contributed by atoms with Gasteiger partial charge >= 0.3 is 0 Å². The number of nitrogens with zero attached hydrogens (tertiary/aromatic N) is 1. The van der Waals surface area contributed by atoms with Gasteiger partial charge in [0.1, 0.15) is 0 Å². The lowest BCUT2D eigenvalue weighted by atomic mass is 10.00. The Morgan fingerprint density at radius 3 is 2.19 bits per heavy atom. The van der Waals surface area contributed by atoms with E-state index in [9.17, 15) is 4.79 Å². The summed E-state index contributed by atoms with van der Waals surface area (Å²) in [6, 6.07) is 8.59. The summed E-state index contributed by atoms with van der Waals surface area (Å²) in [6.07, 6.45) is 3.41. The summed E-state index contributed by atoms with van der Waals surface area (Å²) in [5.74, 6) is 0.747. The second-order valence-corrected chi connectivity index (χ2v) is 6.28. The predicted octanol–water partition coefficient (Wildman–Crippen LogP) is 4.89. The Morgan fingerprint density at radius 1 is 1.10 bits per heavy atom. The van der Waals surface area contributed by atoms with Gasteiger partial charge in [-0.25, -0.2) is 0 Å². The van der Waals surface area contributed by atoms with Gasteiger partial charge in [-0.1, -0.05) is 58.4 Å². The fourth-order valence-corrected chi connectivity index (χ4v) is 2.40. The Balaban J connectivity index is 2.71. The van der Waals surface area contributed by atoms with Crippen molar-refractivity contribution in [2.45, 2.75) is 65.8 Å². The number of benzene rings is 1. The molecular formula is C19H31NO. The van der Waals surface area contributed by atoms with Gasteiger partial charge in [0, 0.05) is 11.6 Å². The van der Waals surface area contributed by atoms with Crippen LogP contribution in [0.1, 0.15) is 75.7 Å². The Bertz CT molecular complexity index is 422. The zero-order valence-corrected chi connectivity index (χ0v) is 14.4. The van der Waals surface area contributed by atoms with Gasteiger partial charge in [-0.3, -0.25) is 9.69 Å². The molecule has 0 bridgehead atoms. The normalized spacial score (nSPS) is 12.9. The summed E-state index contributed by atoms with van der Waals surface area (Å²) in [5.41, 5.74) is 2.13. The Kier molecular flexibility index (Phi) is 7.66. The lowest BCUT2D eigenvalue weighted by molar-refractivity contribution is 0.0894. The summed E-state index contributed by atoms with van der Waals surface area (Å²) < 4.78 is 0. The van der Waals surface area contributed by atoms with Crippen LogP contribution < -0.4 is 0 Å². The molecule has 0 spiro atoms. The van der Waals surface area contributed by atoms with E-state index >= 15 is 0 Å². The number of unbranched alkanes of at least 4 members (excludes halogenated alkanes) is 1. The maximum Gasteiger partial charge on any atom is 0.176 e. The van der Waals surface area contributed by atoms with E-state index in [-0.39, 0.29) is 5.78 Å². The Labute approximate surface area is 130 Å². The molecule has 0 aliphatic heterocycles. The van der Waals surface area contributed by atoms with E-state index in [2.05, 4.69) is 51.7 Å². The van der Waals surface area contributed by atoms with Crippen molar-refractivity contribution in [2.24, 2.45) is 0 Å². The van der Waals surface area contributed by atoms with E-state index < -0.39 is 0 Å². The molecule has 1 atom stereocenters. The highest BCUT2D eigenvalue weighted by atomic mass is 16.1. The van der Waals surface area contributed by atoms with Gasteiger partial charge in [-0.15, -0.1) is 0 Å². The number of hydrogen-bond acceptors (Lipinski definition) is 2. The van der Waals surface area contributed by atoms with Crippen LogP contribution in [0.3, 0.4) is 0 Å². The first kappa shape index (κ1) is 17.9. The van der Waals surface area contributed by atoms with Crippen LogP contribution in [0.5, 0.6) is 0 Å². The molecule has 0 radical (unpaired) electrons. The number of rotatable bonds is 9. The monoisotopic (exact) mass is 289 g/mol. The van der Waals surface area contributed by atoms with Crippen molar-refractivity contribution in [2.75, 3.05) is 13.1 Å². The topological polar surface area (TPSA) is 20.3 Å². The first-order valence-electron chi connectivity index (χ1n) is 8.36. The van der Waals surface area contributed by atoms with Crippen molar-refractivity contribution < 1.29 is 4.79 Å². The Morgan fingerprint density at radius 2 is 1.71 bits per heavy atom. The number of carbonyl (C=O) groups excluding carboxylic acids is 1. The molecule has 0 heterocycles. The predicted molar refractivity (Wildman–Crippen MR) is 91.1 cm³/mol. The summed E-state index contributed by atoms with van der Waals surface area (Å²) in [7, 11) is 0. The third kappa shape index (κ3) is 5.62. The summed E-state index contributed by atoms with van der Waals surface area (Å²) in [5, 5.41) is 0. The maximum atomic E-state index is 12.5. The van der Waals surface area contributed by atoms with Crippen LogP contribution in [-0.4, -0.2) is 29.8 Å². The van der Waals surface area contributed by atoms with Crippen LogP contribution in [0.25, 0.3) is 0 Å². The number of carbonyl (C=O) groups is 1. The molecule has 2 heteroatoms. The molecule has 0 fully saturated rings. The van der Waals surface area contributed by atoms with Crippen LogP contribution in [-0.2, 0) is 0 Å². The molecule has 0 saturated heterocycles. The van der Waals surface area contributed by atoms with Gasteiger partial charge in [0.05, 0.1) is 6.54 Å². The minimum atomic E-state index is 0.238. The summed E-state index contributed by atoms with van der Waals surface area (Å²) in [6.45, 7) is 12.5. The van der Waals surface area contributed by atoms with Gasteiger partial charge in [0.25, 0.3) is 0 Å². The molecule has 1 unspecified atom stereocenters. The quantitative estimate of drug-likeness (QED) is 0.603. The lowest BCUT2D eigenvalue weighted by Gasteiger charge is -2.27. The van der Waals surface area contributed by atoms with Crippen LogP contribution in [0.15, 0.2) is 24.3 Å². The minimum Gasteiger partial charge on any atom is -0.293 e. The molecule has 1 aromatic rings. The van der Waals surface area contributed by atoms with Crippen LogP contribution in [0.2, 0.25) is 0 Å². The Hall–Kier alpha value is -1.15. The first-order valence-corrected chi connectivity index (χ1v) is 8.36. The van der Waals surface area contributed by atoms with Crippen molar-refractivity contribution in [3.8, 4) is 0 Å². The fraction of sp³-hybridized carbons (Fsp3) is 0.632. The van der Waals surface area contributed by atoms with Crippen molar-refractivity contribution in [3.63, 3.8) is 0 Å². The lowest BCUT2D eigenvalue weighted by Crippen LogP contribution is -2.37. The molecule has 2 nitrogen and oxygen atoms in total. The zero-order chi connectivity index (χ0) is 15.8. The minimum absolute atomic E-state index is 0.238. The summed E-state index contributed by atoms with van der Waals surface area (Å²) in [4.78, 5) is 14.8. The van der Waals surface area contributed by atoms with E-state index in [1.165, 1.54) is 12.0 Å². The van der Waals surface area contributed by atoms with Gasteiger partial charge in [0.15, 0.2) is 5.78 Å². The highest BCUT2D eigenvalue weighted by Crippen LogP contribution is 2.16. The van der Waals surface area contributed by atoms with Crippen molar-refractivity contribution in [3.05, 3.63) is 35.4 Å². The van der Waals surface area contributed by atoms with Crippen LogP contribution in [0.4, 0.5) is 0 Å². The van der Waals surface area contributed by atoms with E-state index in [1.807, 2.05) is 12.1 Å². The SMILES string of the molecule is CCCCN(CC(=O)c1ccc(C(C)C)cc1)C(C)CC. The van der Waals surface area contributed by atoms with Gasteiger partial charge in [-0.2, -0.15) is 0 Å². The molecule has 0 saturated carbocycles. The van der Waals surface area contributed by atoms with E-state index in [0.717, 1.165) is 24.9 Å². The molecule has 0 aliphatic rings. The molecule has 0 N–H and O–H groups in total. The van der Waals surface area contributed by atoms with E-state index in [1.54, 1.807) is 0 Å². The highest BCUT2D eigenvalue weighted by molar-refractivity contribution is 5.97. The summed E-state index contributed by atoms with van der Waals surface area (Å²) >= 11 is 0. The third-order valence-electron chi connectivity index (χ3n) is 4.26. The maximum absolute atomic E-state index is 12.5. The number of Topliss-reactive ketones (excluding diaryl/α,β-unsaturated/α-hetero) is 1. The van der Waals surface area contributed by atoms with Gasteiger partial charge < -0.3 is 0 Å².